The van der Waals surface area contributed by atoms with E-state index in [0.717, 1.165) is 29.5 Å². The molecule has 1 saturated heterocycles. The number of benzene rings is 1. The average Bonchev–Trinajstić information content (AvgIpc) is 2.58. The first-order chi connectivity index (χ1) is 11.9. The van der Waals surface area contributed by atoms with Crippen LogP contribution < -0.4 is 11.1 Å². The summed E-state index contributed by atoms with van der Waals surface area (Å²) in [6.45, 7) is 7.71. The van der Waals surface area contributed by atoms with Crippen molar-refractivity contribution in [3.63, 3.8) is 0 Å². The Morgan fingerprint density at radius 3 is 2.46 bits per heavy atom. The Bertz CT molecular complexity index is 620. The van der Waals surface area contributed by atoms with Gasteiger partial charge in [-0.15, -0.1) is 24.0 Å². The third-order valence-corrected chi connectivity index (χ3v) is 4.36. The average molecular weight is 476 g/mol. The molecule has 26 heavy (non-hydrogen) atoms. The second-order valence-corrected chi connectivity index (χ2v) is 6.38. The molecule has 2 rings (SSSR count). The fourth-order valence-corrected chi connectivity index (χ4v) is 2.99. The van der Waals surface area contributed by atoms with E-state index >= 15 is 0 Å². The van der Waals surface area contributed by atoms with Crippen LogP contribution in [-0.2, 0) is 11.3 Å². The minimum Gasteiger partial charge on any atom is -0.507 e. The summed E-state index contributed by atoms with van der Waals surface area (Å²) < 4.78 is 5.01. The number of guanidine groups is 1. The number of aliphatic imine (C=N–C) groups is 1. The predicted octanol–water partition coefficient (Wildman–Crippen LogP) is 2.65. The Morgan fingerprint density at radius 1 is 1.35 bits per heavy atom. The molecule has 1 aliphatic rings. The Labute approximate surface area is 172 Å². The number of phenolic OH excluding ortho intramolecular Hbond substituents is 1. The van der Waals surface area contributed by atoms with Crippen molar-refractivity contribution in [3.05, 3.63) is 28.8 Å². The van der Waals surface area contributed by atoms with Gasteiger partial charge in [0.2, 0.25) is 0 Å². The van der Waals surface area contributed by atoms with Gasteiger partial charge in [0.05, 0.1) is 13.2 Å². The summed E-state index contributed by atoms with van der Waals surface area (Å²) in [6.07, 6.45) is 1.37. The molecule has 0 bridgehead atoms. The molecule has 0 aromatic heterocycles. The highest BCUT2D eigenvalue weighted by Gasteiger charge is 2.23. The molecular weight excluding hydrogens is 447 g/mol. The Balaban J connectivity index is 0.00000338. The number of nitrogens with two attached hydrogens (primary N) is 1. The zero-order valence-corrected chi connectivity index (χ0v) is 17.9. The fourth-order valence-electron chi connectivity index (χ4n) is 2.99. The van der Waals surface area contributed by atoms with E-state index in [2.05, 4.69) is 10.3 Å². The summed E-state index contributed by atoms with van der Waals surface area (Å²) in [6, 6.07) is 4.03. The van der Waals surface area contributed by atoms with Gasteiger partial charge in [0, 0.05) is 19.1 Å². The molecule has 0 aliphatic carbocycles. The van der Waals surface area contributed by atoms with Gasteiger partial charge >= 0.3 is 6.09 Å². The van der Waals surface area contributed by atoms with Crippen LogP contribution in [0.2, 0.25) is 0 Å². The zero-order chi connectivity index (χ0) is 18.4. The minimum atomic E-state index is -0.249. The molecule has 146 valence electrons. The van der Waals surface area contributed by atoms with Crippen molar-refractivity contribution in [2.24, 2.45) is 10.7 Å². The second kappa shape index (κ2) is 10.4. The van der Waals surface area contributed by atoms with Crippen LogP contribution in [0.3, 0.4) is 0 Å². The van der Waals surface area contributed by atoms with Gasteiger partial charge in [-0.2, -0.15) is 0 Å². The molecule has 1 aliphatic heterocycles. The van der Waals surface area contributed by atoms with E-state index in [1.54, 1.807) is 11.8 Å². The monoisotopic (exact) mass is 476 g/mol. The number of hydrogen-bond donors (Lipinski definition) is 3. The number of amides is 1. The molecule has 1 amide bonds. The van der Waals surface area contributed by atoms with Crippen molar-refractivity contribution in [3.8, 4) is 5.75 Å². The zero-order valence-electron chi connectivity index (χ0n) is 15.6. The topological polar surface area (TPSA) is 100 Å². The summed E-state index contributed by atoms with van der Waals surface area (Å²) >= 11 is 0. The number of hydrogen-bond acceptors (Lipinski definition) is 4. The van der Waals surface area contributed by atoms with Crippen LogP contribution in [0.15, 0.2) is 17.1 Å². The number of aromatic hydroxyl groups is 1. The normalized spacial score (nSPS) is 15.3. The molecular formula is C18H29IN4O3. The maximum Gasteiger partial charge on any atom is 0.409 e. The van der Waals surface area contributed by atoms with Crippen molar-refractivity contribution in [1.29, 1.82) is 0 Å². The molecule has 8 heteroatoms. The van der Waals surface area contributed by atoms with E-state index in [9.17, 15) is 9.90 Å². The largest absolute Gasteiger partial charge is 0.507 e. The van der Waals surface area contributed by atoms with Crippen molar-refractivity contribution < 1.29 is 14.6 Å². The standard InChI is InChI=1S/C18H28N4O3.HI/c1-4-25-18(24)22-7-5-15(6-8-22)21-17(19)20-11-14-9-12(2)16(23)13(3)10-14;/h9-10,15,23H,4-8,11H2,1-3H3,(H3,19,20,21);1H. The third kappa shape index (κ3) is 6.22. The smallest absolute Gasteiger partial charge is 0.409 e. The van der Waals surface area contributed by atoms with Crippen molar-refractivity contribution in [2.45, 2.75) is 46.2 Å². The van der Waals surface area contributed by atoms with Crippen molar-refractivity contribution in [2.75, 3.05) is 19.7 Å². The summed E-state index contributed by atoms with van der Waals surface area (Å²) in [5.74, 6) is 0.727. The Kier molecular flexibility index (Phi) is 8.97. The van der Waals surface area contributed by atoms with E-state index in [0.29, 0.717) is 38.0 Å². The first kappa shape index (κ1) is 22.3. The number of carbonyl (C=O) groups is 1. The van der Waals surface area contributed by atoms with Gasteiger partial charge in [0.15, 0.2) is 5.96 Å². The number of rotatable bonds is 4. The number of piperidine rings is 1. The van der Waals surface area contributed by atoms with Crippen LogP contribution in [0.25, 0.3) is 0 Å². The van der Waals surface area contributed by atoms with Crippen molar-refractivity contribution in [1.82, 2.24) is 10.2 Å². The van der Waals surface area contributed by atoms with Crippen LogP contribution in [0.5, 0.6) is 5.75 Å². The van der Waals surface area contributed by atoms with E-state index < -0.39 is 0 Å². The van der Waals surface area contributed by atoms with Crippen LogP contribution in [-0.4, -0.2) is 47.8 Å². The molecule has 0 spiro atoms. The molecule has 0 saturated carbocycles. The van der Waals surface area contributed by atoms with Crippen LogP contribution >= 0.6 is 24.0 Å². The Hall–Kier alpha value is -1.71. The highest BCUT2D eigenvalue weighted by Crippen LogP contribution is 2.23. The van der Waals surface area contributed by atoms with Gasteiger partial charge in [0.1, 0.15) is 5.75 Å². The molecule has 1 aromatic rings. The number of carbonyl (C=O) groups excluding carboxylic acids is 1. The Morgan fingerprint density at radius 2 is 1.92 bits per heavy atom. The number of phenols is 1. The molecule has 1 fully saturated rings. The molecule has 7 nitrogen and oxygen atoms in total. The van der Waals surface area contributed by atoms with Crippen LogP contribution in [0, 0.1) is 13.8 Å². The van der Waals surface area contributed by atoms with Gasteiger partial charge in [-0.3, -0.25) is 0 Å². The molecule has 0 unspecified atom stereocenters. The quantitative estimate of drug-likeness (QED) is 0.353. The first-order valence-corrected chi connectivity index (χ1v) is 8.68. The molecule has 0 atom stereocenters. The lowest BCUT2D eigenvalue weighted by atomic mass is 10.1. The van der Waals surface area contributed by atoms with Crippen molar-refractivity contribution >= 4 is 36.0 Å². The molecule has 0 radical (unpaired) electrons. The van der Waals surface area contributed by atoms with E-state index in [4.69, 9.17) is 10.5 Å². The molecule has 4 N–H and O–H groups in total. The minimum absolute atomic E-state index is 0. The predicted molar refractivity (Wildman–Crippen MR) is 113 cm³/mol. The second-order valence-electron chi connectivity index (χ2n) is 6.38. The number of halogens is 1. The van der Waals surface area contributed by atoms with E-state index in [-0.39, 0.29) is 36.1 Å². The first-order valence-electron chi connectivity index (χ1n) is 8.68. The van der Waals surface area contributed by atoms with Gasteiger partial charge in [-0.1, -0.05) is 12.1 Å². The summed E-state index contributed by atoms with van der Waals surface area (Å²) in [4.78, 5) is 17.8. The maximum absolute atomic E-state index is 11.7. The fraction of sp³-hybridized carbons (Fsp3) is 0.556. The van der Waals surface area contributed by atoms with Gasteiger partial charge in [-0.25, -0.2) is 9.79 Å². The SMILES string of the molecule is CCOC(=O)N1CCC(NC(N)=NCc2cc(C)c(O)c(C)c2)CC1.I. The van der Waals surface area contributed by atoms with E-state index in [1.165, 1.54) is 0 Å². The number of likely N-dealkylation sites (tertiary alicyclic amines) is 1. The maximum atomic E-state index is 11.7. The molecule has 1 aromatic carbocycles. The number of aryl methyl sites for hydroxylation is 2. The summed E-state index contributed by atoms with van der Waals surface area (Å²) in [7, 11) is 0. The van der Waals surface area contributed by atoms with Gasteiger partial charge < -0.3 is 25.8 Å². The lowest BCUT2D eigenvalue weighted by molar-refractivity contribution is 0.0963. The van der Waals surface area contributed by atoms with Gasteiger partial charge in [0.25, 0.3) is 0 Å². The summed E-state index contributed by atoms with van der Waals surface area (Å²) in [5, 5.41) is 13.0. The summed E-state index contributed by atoms with van der Waals surface area (Å²) in [5.41, 5.74) is 8.67. The lowest BCUT2D eigenvalue weighted by Gasteiger charge is -2.31. The van der Waals surface area contributed by atoms with Crippen LogP contribution in [0.1, 0.15) is 36.5 Å². The molecule has 1 heterocycles. The lowest BCUT2D eigenvalue weighted by Crippen LogP contribution is -2.48. The third-order valence-electron chi connectivity index (χ3n) is 4.36. The highest BCUT2D eigenvalue weighted by atomic mass is 127. The number of ether oxygens (including phenoxy) is 1. The number of nitrogens with zero attached hydrogens (tertiary/aromatic N) is 2. The van der Waals surface area contributed by atoms with Crippen LogP contribution in [0.4, 0.5) is 4.79 Å². The number of nitrogens with one attached hydrogen (secondary N) is 1. The van der Waals surface area contributed by atoms with Gasteiger partial charge in [-0.05, 0) is 50.3 Å². The highest BCUT2D eigenvalue weighted by molar-refractivity contribution is 14.0. The van der Waals surface area contributed by atoms with E-state index in [1.807, 2.05) is 26.0 Å².